The van der Waals surface area contributed by atoms with Gasteiger partial charge in [0, 0.05) is 13.0 Å². The van der Waals surface area contributed by atoms with Gasteiger partial charge in [-0.15, -0.1) is 5.10 Å². The molecular formula is C15H19N5O3. The van der Waals surface area contributed by atoms with E-state index in [1.807, 2.05) is 30.3 Å². The fourth-order valence-electron chi connectivity index (χ4n) is 2.06. The van der Waals surface area contributed by atoms with Crippen LogP contribution in [-0.4, -0.2) is 44.7 Å². The lowest BCUT2D eigenvalue weighted by Gasteiger charge is -2.18. The number of tetrazole rings is 1. The summed E-state index contributed by atoms with van der Waals surface area (Å²) >= 11 is 0. The van der Waals surface area contributed by atoms with E-state index in [0.29, 0.717) is 13.0 Å². The fourth-order valence-corrected chi connectivity index (χ4v) is 2.06. The van der Waals surface area contributed by atoms with Gasteiger partial charge in [-0.1, -0.05) is 30.3 Å². The van der Waals surface area contributed by atoms with Crippen molar-refractivity contribution < 1.29 is 14.3 Å². The van der Waals surface area contributed by atoms with E-state index in [1.54, 1.807) is 6.92 Å². The number of hydrogen-bond acceptors (Lipinski definition) is 6. The summed E-state index contributed by atoms with van der Waals surface area (Å²) in [5.74, 6) is -0.893. The summed E-state index contributed by atoms with van der Waals surface area (Å²) in [5, 5.41) is 13.5. The molecule has 0 spiro atoms. The van der Waals surface area contributed by atoms with Crippen LogP contribution in [0.3, 0.4) is 0 Å². The molecule has 0 saturated carbocycles. The van der Waals surface area contributed by atoms with Gasteiger partial charge in [0.2, 0.25) is 0 Å². The number of nitrogens with one attached hydrogen (secondary N) is 1. The van der Waals surface area contributed by atoms with E-state index in [0.717, 1.165) is 5.56 Å². The Labute approximate surface area is 133 Å². The first kappa shape index (κ1) is 16.6. The Kier molecular flexibility index (Phi) is 5.79. The van der Waals surface area contributed by atoms with E-state index in [2.05, 4.69) is 20.8 Å². The highest BCUT2D eigenvalue weighted by Gasteiger charge is 2.27. The SMILES string of the molecule is CCNC(=O)[C@@H](C)OC(=O)[C@H](Cc1ccccc1)n1cnnn1. The third kappa shape index (κ3) is 4.60. The summed E-state index contributed by atoms with van der Waals surface area (Å²) in [4.78, 5) is 24.2. The Hall–Kier alpha value is -2.77. The van der Waals surface area contributed by atoms with Crippen molar-refractivity contribution in [3.05, 3.63) is 42.2 Å². The number of amides is 1. The van der Waals surface area contributed by atoms with Gasteiger partial charge in [0.1, 0.15) is 6.33 Å². The van der Waals surface area contributed by atoms with Gasteiger partial charge in [0.25, 0.3) is 5.91 Å². The lowest BCUT2D eigenvalue weighted by molar-refractivity contribution is -0.158. The van der Waals surface area contributed by atoms with E-state index in [1.165, 1.54) is 17.9 Å². The minimum atomic E-state index is -0.878. The maximum atomic E-state index is 12.4. The number of esters is 1. The Morgan fingerprint density at radius 3 is 2.65 bits per heavy atom. The zero-order chi connectivity index (χ0) is 16.7. The zero-order valence-corrected chi connectivity index (χ0v) is 13.0. The molecule has 0 fully saturated rings. The maximum Gasteiger partial charge on any atom is 0.332 e. The molecule has 1 N–H and O–H groups in total. The molecule has 0 bridgehead atoms. The second-order valence-electron chi connectivity index (χ2n) is 4.97. The molecule has 0 radical (unpaired) electrons. The average Bonchev–Trinajstić information content (AvgIpc) is 3.07. The van der Waals surface area contributed by atoms with Gasteiger partial charge >= 0.3 is 5.97 Å². The van der Waals surface area contributed by atoms with Gasteiger partial charge in [0.05, 0.1) is 0 Å². The minimum absolute atomic E-state index is 0.337. The molecule has 1 aromatic heterocycles. The van der Waals surface area contributed by atoms with Crippen LogP contribution in [0, 0.1) is 0 Å². The highest BCUT2D eigenvalue weighted by molar-refractivity contribution is 5.84. The van der Waals surface area contributed by atoms with Crippen LogP contribution >= 0.6 is 0 Å². The number of aromatic nitrogens is 4. The molecule has 2 aromatic rings. The molecule has 0 unspecified atom stereocenters. The minimum Gasteiger partial charge on any atom is -0.451 e. The summed E-state index contributed by atoms with van der Waals surface area (Å²) in [6, 6.07) is 8.73. The quantitative estimate of drug-likeness (QED) is 0.748. The Balaban J connectivity index is 2.11. The molecular weight excluding hydrogens is 298 g/mol. The monoisotopic (exact) mass is 317 g/mol. The van der Waals surface area contributed by atoms with E-state index in [4.69, 9.17) is 4.74 Å². The predicted molar refractivity (Wildman–Crippen MR) is 81.2 cm³/mol. The second-order valence-corrected chi connectivity index (χ2v) is 4.97. The fraction of sp³-hybridized carbons (Fsp3) is 0.400. The average molecular weight is 317 g/mol. The molecule has 0 aliphatic carbocycles. The first-order valence-electron chi connectivity index (χ1n) is 7.36. The lowest BCUT2D eigenvalue weighted by atomic mass is 10.1. The number of carbonyl (C=O) groups excluding carboxylic acids is 2. The number of ether oxygens (including phenoxy) is 1. The number of benzene rings is 1. The van der Waals surface area contributed by atoms with Crippen molar-refractivity contribution in [3.8, 4) is 0 Å². The van der Waals surface area contributed by atoms with Gasteiger partial charge in [-0.3, -0.25) is 4.79 Å². The first-order valence-corrected chi connectivity index (χ1v) is 7.36. The number of nitrogens with zero attached hydrogens (tertiary/aromatic N) is 4. The Morgan fingerprint density at radius 2 is 2.04 bits per heavy atom. The molecule has 8 heteroatoms. The topological polar surface area (TPSA) is 99.0 Å². The van der Waals surface area contributed by atoms with Crippen LogP contribution in [0.1, 0.15) is 25.5 Å². The molecule has 1 aromatic carbocycles. The summed E-state index contributed by atoms with van der Waals surface area (Å²) in [7, 11) is 0. The van der Waals surface area contributed by atoms with Crippen LogP contribution in [0.4, 0.5) is 0 Å². The van der Waals surface area contributed by atoms with Crippen molar-refractivity contribution in [2.75, 3.05) is 6.54 Å². The summed E-state index contributed by atoms with van der Waals surface area (Å²) in [5.41, 5.74) is 0.940. The van der Waals surface area contributed by atoms with Crippen molar-refractivity contribution in [2.24, 2.45) is 0 Å². The normalized spacial score (nSPS) is 13.1. The van der Waals surface area contributed by atoms with E-state index < -0.39 is 18.1 Å². The van der Waals surface area contributed by atoms with Crippen LogP contribution in [0.5, 0.6) is 0 Å². The molecule has 2 rings (SSSR count). The number of hydrogen-bond donors (Lipinski definition) is 1. The highest BCUT2D eigenvalue weighted by Crippen LogP contribution is 2.15. The van der Waals surface area contributed by atoms with Crippen LogP contribution in [0.15, 0.2) is 36.7 Å². The van der Waals surface area contributed by atoms with Crippen molar-refractivity contribution in [3.63, 3.8) is 0 Å². The molecule has 0 aliphatic rings. The van der Waals surface area contributed by atoms with E-state index in [-0.39, 0.29) is 5.91 Å². The van der Waals surface area contributed by atoms with E-state index in [9.17, 15) is 9.59 Å². The maximum absolute atomic E-state index is 12.4. The lowest BCUT2D eigenvalue weighted by Crippen LogP contribution is -2.37. The van der Waals surface area contributed by atoms with E-state index >= 15 is 0 Å². The van der Waals surface area contributed by atoms with Gasteiger partial charge in [-0.05, 0) is 29.8 Å². The molecule has 2 atom stereocenters. The van der Waals surface area contributed by atoms with Gasteiger partial charge < -0.3 is 10.1 Å². The third-order valence-corrected chi connectivity index (χ3v) is 3.24. The van der Waals surface area contributed by atoms with Gasteiger partial charge in [-0.25, -0.2) is 9.48 Å². The first-order chi connectivity index (χ1) is 11.1. The standard InChI is InChI=1S/C15H19N5O3/c1-3-16-14(21)11(2)23-15(22)13(20-10-17-18-19-20)9-12-7-5-4-6-8-12/h4-8,10-11,13H,3,9H2,1-2H3,(H,16,21)/t11-,13+/m1/s1. The van der Waals surface area contributed by atoms with Crippen molar-refractivity contribution in [1.29, 1.82) is 0 Å². The number of rotatable bonds is 7. The number of likely N-dealkylation sites (N-methyl/N-ethyl adjacent to an activating group) is 1. The smallest absolute Gasteiger partial charge is 0.332 e. The highest BCUT2D eigenvalue weighted by atomic mass is 16.5. The largest absolute Gasteiger partial charge is 0.451 e. The van der Waals surface area contributed by atoms with Gasteiger partial charge in [-0.2, -0.15) is 0 Å². The molecule has 1 amide bonds. The second kappa shape index (κ2) is 8.02. The Morgan fingerprint density at radius 1 is 1.30 bits per heavy atom. The van der Waals surface area contributed by atoms with Crippen molar-refractivity contribution in [2.45, 2.75) is 32.4 Å². The molecule has 1 heterocycles. The van der Waals surface area contributed by atoms with Gasteiger partial charge in [0.15, 0.2) is 12.1 Å². The summed E-state index contributed by atoms with van der Waals surface area (Å²) in [6.45, 7) is 3.80. The molecule has 122 valence electrons. The van der Waals surface area contributed by atoms with Crippen LogP contribution in [-0.2, 0) is 20.7 Å². The van der Waals surface area contributed by atoms with Crippen molar-refractivity contribution >= 4 is 11.9 Å². The van der Waals surface area contributed by atoms with Crippen LogP contribution < -0.4 is 5.32 Å². The number of carbonyl (C=O) groups is 2. The zero-order valence-electron chi connectivity index (χ0n) is 13.0. The molecule has 0 aliphatic heterocycles. The molecule has 23 heavy (non-hydrogen) atoms. The van der Waals surface area contributed by atoms with Crippen LogP contribution in [0.25, 0.3) is 0 Å². The predicted octanol–water partition coefficient (Wildman–Crippen LogP) is 0.525. The Bertz CT molecular complexity index is 630. The molecule has 0 saturated heterocycles. The third-order valence-electron chi connectivity index (χ3n) is 3.24. The molecule has 8 nitrogen and oxygen atoms in total. The summed E-state index contributed by atoms with van der Waals surface area (Å²) in [6.07, 6.45) is 0.843. The van der Waals surface area contributed by atoms with Crippen molar-refractivity contribution in [1.82, 2.24) is 25.5 Å². The summed E-state index contributed by atoms with van der Waals surface area (Å²) < 4.78 is 6.59. The van der Waals surface area contributed by atoms with Crippen LogP contribution in [0.2, 0.25) is 0 Å².